The van der Waals surface area contributed by atoms with Crippen molar-refractivity contribution < 1.29 is 8.92 Å². The monoisotopic (exact) mass is 350 g/mol. The van der Waals surface area contributed by atoms with Gasteiger partial charge in [0.1, 0.15) is 6.61 Å². The van der Waals surface area contributed by atoms with E-state index in [-0.39, 0.29) is 0 Å². The molecular weight excluding hydrogens is 328 g/mol. The Morgan fingerprint density at radius 2 is 2.30 bits per heavy atom. The zero-order chi connectivity index (χ0) is 16.7. The van der Waals surface area contributed by atoms with E-state index in [2.05, 4.69) is 30.0 Å². The van der Waals surface area contributed by atoms with Gasteiger partial charge in [-0.2, -0.15) is 0 Å². The number of ether oxygens (including phenoxy) is 1. The SMILES string of the molecule is C=C(/C=C\C(=C)c1cncc(OCC2CC(C)COS2)n1)SC. The number of nitrogens with zero attached hydrogens (tertiary/aromatic N) is 2. The van der Waals surface area contributed by atoms with Crippen molar-refractivity contribution in [2.75, 3.05) is 19.5 Å². The van der Waals surface area contributed by atoms with Gasteiger partial charge in [-0.1, -0.05) is 26.2 Å². The predicted molar refractivity (Wildman–Crippen MR) is 99.5 cm³/mol. The van der Waals surface area contributed by atoms with Gasteiger partial charge in [0.05, 0.1) is 29.9 Å². The topological polar surface area (TPSA) is 44.2 Å². The maximum Gasteiger partial charge on any atom is 0.232 e. The van der Waals surface area contributed by atoms with Crippen LogP contribution in [0.4, 0.5) is 0 Å². The molecule has 0 radical (unpaired) electrons. The quantitative estimate of drug-likeness (QED) is 0.537. The molecule has 1 aromatic rings. The van der Waals surface area contributed by atoms with E-state index >= 15 is 0 Å². The Bertz CT molecular complexity index is 590. The molecule has 23 heavy (non-hydrogen) atoms. The van der Waals surface area contributed by atoms with Crippen molar-refractivity contribution in [3.63, 3.8) is 0 Å². The molecule has 1 aromatic heterocycles. The fraction of sp³-hybridized carbons (Fsp3) is 0.412. The maximum absolute atomic E-state index is 5.77. The molecule has 0 bridgehead atoms. The lowest BCUT2D eigenvalue weighted by Gasteiger charge is -2.25. The molecule has 2 rings (SSSR count). The lowest BCUT2D eigenvalue weighted by atomic mass is 10.1. The van der Waals surface area contributed by atoms with Crippen LogP contribution in [-0.2, 0) is 4.18 Å². The van der Waals surface area contributed by atoms with Gasteiger partial charge in [-0.25, -0.2) is 4.98 Å². The lowest BCUT2D eigenvalue weighted by Crippen LogP contribution is -2.24. The van der Waals surface area contributed by atoms with Crippen LogP contribution in [0.5, 0.6) is 5.88 Å². The molecule has 0 saturated carbocycles. The van der Waals surface area contributed by atoms with Crippen LogP contribution in [0, 0.1) is 5.92 Å². The first-order valence-corrected chi connectivity index (χ1v) is 9.44. The summed E-state index contributed by atoms with van der Waals surface area (Å²) in [5.74, 6) is 1.08. The molecule has 0 N–H and O–H groups in total. The first kappa shape index (κ1) is 18.1. The largest absolute Gasteiger partial charge is 0.475 e. The average Bonchev–Trinajstić information content (AvgIpc) is 2.58. The molecule has 6 heteroatoms. The average molecular weight is 351 g/mol. The van der Waals surface area contributed by atoms with Gasteiger partial charge in [0.2, 0.25) is 5.88 Å². The van der Waals surface area contributed by atoms with Gasteiger partial charge in [0.15, 0.2) is 0 Å². The number of hydrogen-bond donors (Lipinski definition) is 0. The molecule has 1 aliphatic heterocycles. The van der Waals surface area contributed by atoms with Gasteiger partial charge in [-0.3, -0.25) is 4.98 Å². The van der Waals surface area contributed by atoms with E-state index in [0.717, 1.165) is 23.5 Å². The molecule has 4 nitrogen and oxygen atoms in total. The highest BCUT2D eigenvalue weighted by Gasteiger charge is 2.21. The summed E-state index contributed by atoms with van der Waals surface area (Å²) >= 11 is 3.09. The van der Waals surface area contributed by atoms with E-state index in [1.165, 1.54) is 12.0 Å². The summed E-state index contributed by atoms with van der Waals surface area (Å²) < 4.78 is 11.2. The molecule has 1 aliphatic rings. The van der Waals surface area contributed by atoms with E-state index in [1.807, 2.05) is 18.4 Å². The molecule has 1 fully saturated rings. The van der Waals surface area contributed by atoms with E-state index in [1.54, 1.807) is 24.2 Å². The number of thioether (sulfide) groups is 1. The minimum atomic E-state index is 0.331. The van der Waals surface area contributed by atoms with Crippen LogP contribution < -0.4 is 4.74 Å². The molecule has 124 valence electrons. The summed E-state index contributed by atoms with van der Waals surface area (Å²) in [6.45, 7) is 11.5. The van der Waals surface area contributed by atoms with Crippen LogP contribution in [0.15, 0.2) is 42.6 Å². The van der Waals surface area contributed by atoms with E-state index in [0.29, 0.717) is 29.3 Å². The Kier molecular flexibility index (Phi) is 7.20. The Morgan fingerprint density at radius 1 is 1.48 bits per heavy atom. The number of aromatic nitrogens is 2. The number of rotatable bonds is 7. The minimum absolute atomic E-state index is 0.331. The summed E-state index contributed by atoms with van der Waals surface area (Å²) in [5, 5.41) is 0.331. The van der Waals surface area contributed by atoms with Gasteiger partial charge < -0.3 is 8.92 Å². The Morgan fingerprint density at radius 3 is 3.04 bits per heavy atom. The van der Waals surface area contributed by atoms with Gasteiger partial charge in [0.25, 0.3) is 0 Å². The fourth-order valence-electron chi connectivity index (χ4n) is 2.00. The third-order valence-electron chi connectivity index (χ3n) is 3.31. The standard InChI is InChI=1S/C17H22N2O2S2/c1-12-7-15(23-21-10-12)11-20-17-9-18-8-16(19-17)13(2)5-6-14(3)22-4/h5-6,8-9,12,15H,2-3,7,10-11H2,1,4H3/b6-5-. The normalized spacial score (nSPS) is 21.3. The molecule has 0 aliphatic carbocycles. The Hall–Kier alpha value is -1.24. The Balaban J connectivity index is 1.92. The van der Waals surface area contributed by atoms with Crippen molar-refractivity contribution in [1.29, 1.82) is 0 Å². The summed E-state index contributed by atoms with van der Waals surface area (Å²) in [6.07, 6.45) is 10.2. The van der Waals surface area contributed by atoms with Crippen LogP contribution in [-0.4, -0.2) is 34.7 Å². The van der Waals surface area contributed by atoms with Gasteiger partial charge in [-0.15, -0.1) is 11.8 Å². The molecule has 2 unspecified atom stereocenters. The van der Waals surface area contributed by atoms with Gasteiger partial charge >= 0.3 is 0 Å². The molecule has 2 atom stereocenters. The third-order valence-corrected chi connectivity index (χ3v) is 4.85. The first-order valence-electron chi connectivity index (χ1n) is 7.42. The second-order valence-corrected chi connectivity index (χ2v) is 7.45. The highest BCUT2D eigenvalue weighted by Crippen LogP contribution is 2.28. The highest BCUT2D eigenvalue weighted by atomic mass is 32.2. The maximum atomic E-state index is 5.77. The van der Waals surface area contributed by atoms with E-state index in [4.69, 9.17) is 8.92 Å². The van der Waals surface area contributed by atoms with Gasteiger partial charge in [-0.05, 0) is 47.2 Å². The summed E-state index contributed by atoms with van der Waals surface area (Å²) in [4.78, 5) is 9.61. The fourth-order valence-corrected chi connectivity index (χ4v) is 3.24. The van der Waals surface area contributed by atoms with Crippen molar-refractivity contribution in [1.82, 2.24) is 9.97 Å². The zero-order valence-electron chi connectivity index (χ0n) is 13.5. The van der Waals surface area contributed by atoms with Crippen LogP contribution >= 0.6 is 23.8 Å². The van der Waals surface area contributed by atoms with Gasteiger partial charge in [0, 0.05) is 0 Å². The van der Waals surface area contributed by atoms with Crippen LogP contribution in [0.1, 0.15) is 19.0 Å². The highest BCUT2D eigenvalue weighted by molar-refractivity contribution is 8.02. The molecule has 2 heterocycles. The second-order valence-electron chi connectivity index (χ2n) is 5.43. The van der Waals surface area contributed by atoms with Crippen LogP contribution in [0.25, 0.3) is 5.57 Å². The minimum Gasteiger partial charge on any atom is -0.475 e. The van der Waals surface area contributed by atoms with Crippen molar-refractivity contribution in [2.24, 2.45) is 5.92 Å². The third kappa shape index (κ3) is 6.05. The molecule has 0 spiro atoms. The van der Waals surface area contributed by atoms with Crippen molar-refractivity contribution >= 4 is 29.4 Å². The zero-order valence-corrected chi connectivity index (χ0v) is 15.2. The Labute approximate surface area is 146 Å². The molecule has 1 saturated heterocycles. The second kappa shape index (κ2) is 9.15. The smallest absolute Gasteiger partial charge is 0.232 e. The lowest BCUT2D eigenvalue weighted by molar-refractivity contribution is 0.226. The van der Waals surface area contributed by atoms with Crippen molar-refractivity contribution in [2.45, 2.75) is 18.6 Å². The molecular formula is C17H22N2O2S2. The summed E-state index contributed by atoms with van der Waals surface area (Å²) in [7, 11) is 0. The van der Waals surface area contributed by atoms with Crippen LogP contribution in [0.2, 0.25) is 0 Å². The van der Waals surface area contributed by atoms with Crippen molar-refractivity contribution in [3.8, 4) is 5.88 Å². The van der Waals surface area contributed by atoms with Crippen LogP contribution in [0.3, 0.4) is 0 Å². The van der Waals surface area contributed by atoms with E-state index < -0.39 is 0 Å². The summed E-state index contributed by atoms with van der Waals surface area (Å²) in [5.41, 5.74) is 1.48. The van der Waals surface area contributed by atoms with E-state index in [9.17, 15) is 0 Å². The number of hydrogen-bond acceptors (Lipinski definition) is 6. The molecule has 0 amide bonds. The van der Waals surface area contributed by atoms with Crippen molar-refractivity contribution in [3.05, 3.63) is 48.3 Å². The molecule has 0 aromatic carbocycles. The predicted octanol–water partition coefficient (Wildman–Crippen LogP) is 4.37. The summed E-state index contributed by atoms with van der Waals surface area (Å²) in [6, 6.07) is 0. The number of allylic oxidation sites excluding steroid dienone is 3. The first-order chi connectivity index (χ1) is 11.1.